The summed E-state index contributed by atoms with van der Waals surface area (Å²) in [5.74, 6) is -0.339. The average Bonchev–Trinajstić information content (AvgIpc) is 2.15. The van der Waals surface area contributed by atoms with Crippen molar-refractivity contribution in [2.45, 2.75) is 13.0 Å². The van der Waals surface area contributed by atoms with Crippen LogP contribution >= 0.6 is 15.9 Å². The molecule has 0 aliphatic carbocycles. The molecular formula is C10H9BrFNO. The van der Waals surface area contributed by atoms with Gasteiger partial charge in [-0.1, -0.05) is 22.0 Å². The third kappa shape index (κ3) is 2.53. The third-order valence-corrected chi connectivity index (χ3v) is 2.38. The Kier molecular flexibility index (Phi) is 4.05. The minimum Gasteiger partial charge on any atom is -0.359 e. The summed E-state index contributed by atoms with van der Waals surface area (Å²) in [5.41, 5.74) is 0.649. The van der Waals surface area contributed by atoms with Gasteiger partial charge in [0.15, 0.2) is 6.10 Å². The van der Waals surface area contributed by atoms with Crippen LogP contribution in [0.4, 0.5) is 4.39 Å². The first kappa shape index (κ1) is 11.2. The molecule has 0 fully saturated rings. The zero-order valence-corrected chi connectivity index (χ0v) is 9.21. The number of hydrogen-bond donors (Lipinski definition) is 0. The van der Waals surface area contributed by atoms with Crippen LogP contribution in [0.3, 0.4) is 0 Å². The zero-order chi connectivity index (χ0) is 10.6. The van der Waals surface area contributed by atoms with Gasteiger partial charge in [0.05, 0.1) is 6.07 Å². The Morgan fingerprint density at radius 1 is 1.64 bits per heavy atom. The lowest BCUT2D eigenvalue weighted by Gasteiger charge is -2.10. The summed E-state index contributed by atoms with van der Waals surface area (Å²) >= 11 is 3.19. The number of nitriles is 1. The van der Waals surface area contributed by atoms with E-state index >= 15 is 0 Å². The van der Waals surface area contributed by atoms with Crippen molar-refractivity contribution in [2.24, 2.45) is 0 Å². The Hall–Kier alpha value is -0.920. The van der Waals surface area contributed by atoms with Gasteiger partial charge in [-0.2, -0.15) is 5.26 Å². The van der Waals surface area contributed by atoms with E-state index in [-0.39, 0.29) is 5.82 Å². The van der Waals surface area contributed by atoms with Crippen molar-refractivity contribution in [3.63, 3.8) is 0 Å². The molecule has 0 N–H and O–H groups in total. The molecule has 1 aromatic carbocycles. The molecule has 0 radical (unpaired) electrons. The van der Waals surface area contributed by atoms with Crippen molar-refractivity contribution in [3.05, 3.63) is 34.1 Å². The van der Waals surface area contributed by atoms with Gasteiger partial charge in [-0.15, -0.1) is 0 Å². The monoisotopic (exact) mass is 257 g/mol. The van der Waals surface area contributed by atoms with E-state index in [1.807, 2.05) is 13.0 Å². The summed E-state index contributed by atoms with van der Waals surface area (Å²) in [6, 6.07) is 6.18. The molecule has 0 saturated heterocycles. The van der Waals surface area contributed by atoms with Gasteiger partial charge in [0.2, 0.25) is 0 Å². The number of halogens is 2. The molecule has 0 bridgehead atoms. The Morgan fingerprint density at radius 3 is 2.86 bits per heavy atom. The molecule has 74 valence electrons. The summed E-state index contributed by atoms with van der Waals surface area (Å²) in [4.78, 5) is 0. The topological polar surface area (TPSA) is 33.0 Å². The van der Waals surface area contributed by atoms with E-state index in [4.69, 9.17) is 10.00 Å². The van der Waals surface area contributed by atoms with Crippen LogP contribution in [0.1, 0.15) is 18.6 Å². The van der Waals surface area contributed by atoms with Gasteiger partial charge < -0.3 is 4.74 Å². The minimum absolute atomic E-state index is 0.339. The molecule has 1 atom stereocenters. The first-order chi connectivity index (χ1) is 6.69. The fraction of sp³-hybridized carbons (Fsp3) is 0.300. The maximum Gasteiger partial charge on any atom is 0.170 e. The van der Waals surface area contributed by atoms with Crippen molar-refractivity contribution in [3.8, 4) is 6.07 Å². The van der Waals surface area contributed by atoms with E-state index in [1.54, 1.807) is 6.07 Å². The summed E-state index contributed by atoms with van der Waals surface area (Å²) in [7, 11) is 0. The summed E-state index contributed by atoms with van der Waals surface area (Å²) in [6.45, 7) is 2.25. The van der Waals surface area contributed by atoms with Crippen molar-refractivity contribution in [2.75, 3.05) is 6.61 Å². The van der Waals surface area contributed by atoms with Gasteiger partial charge in [0.1, 0.15) is 5.82 Å². The summed E-state index contributed by atoms with van der Waals surface area (Å²) < 4.78 is 18.5. The lowest BCUT2D eigenvalue weighted by Crippen LogP contribution is -2.02. The van der Waals surface area contributed by atoms with Crippen LogP contribution in [-0.2, 0) is 4.74 Å². The Bertz CT molecular complexity index is 362. The fourth-order valence-corrected chi connectivity index (χ4v) is 1.64. The minimum atomic E-state index is -0.644. The molecule has 14 heavy (non-hydrogen) atoms. The van der Waals surface area contributed by atoms with Gasteiger partial charge in [-0.05, 0) is 19.1 Å². The van der Waals surface area contributed by atoms with Crippen LogP contribution in [0.15, 0.2) is 22.7 Å². The van der Waals surface area contributed by atoms with Gasteiger partial charge in [0.25, 0.3) is 0 Å². The second-order valence-corrected chi connectivity index (χ2v) is 3.48. The molecule has 1 aromatic rings. The van der Waals surface area contributed by atoms with Crippen molar-refractivity contribution >= 4 is 15.9 Å². The maximum atomic E-state index is 12.7. The molecular weight excluding hydrogens is 249 g/mol. The molecule has 0 aromatic heterocycles. The van der Waals surface area contributed by atoms with Crippen LogP contribution in [0.2, 0.25) is 0 Å². The quantitative estimate of drug-likeness (QED) is 0.834. The smallest absolute Gasteiger partial charge is 0.170 e. The van der Waals surface area contributed by atoms with Gasteiger partial charge in [-0.25, -0.2) is 4.39 Å². The van der Waals surface area contributed by atoms with E-state index in [2.05, 4.69) is 15.9 Å². The molecule has 4 heteroatoms. The fourth-order valence-electron chi connectivity index (χ4n) is 1.08. The molecule has 0 aliphatic rings. The van der Waals surface area contributed by atoms with Crippen LogP contribution in [-0.4, -0.2) is 6.61 Å². The SMILES string of the molecule is CCOC(C#N)c1ccc(F)cc1Br. The lowest BCUT2D eigenvalue weighted by molar-refractivity contribution is 0.101. The van der Waals surface area contributed by atoms with Crippen LogP contribution < -0.4 is 0 Å². The number of rotatable bonds is 3. The van der Waals surface area contributed by atoms with E-state index < -0.39 is 6.10 Å². The van der Waals surface area contributed by atoms with Crippen LogP contribution in [0, 0.1) is 17.1 Å². The number of hydrogen-bond acceptors (Lipinski definition) is 2. The number of ether oxygens (including phenoxy) is 1. The van der Waals surface area contributed by atoms with Crippen LogP contribution in [0.5, 0.6) is 0 Å². The summed E-state index contributed by atoms with van der Waals surface area (Å²) in [6.07, 6.45) is -0.644. The molecule has 1 unspecified atom stereocenters. The zero-order valence-electron chi connectivity index (χ0n) is 7.63. The van der Waals surface area contributed by atoms with Crippen molar-refractivity contribution in [1.82, 2.24) is 0 Å². The molecule has 0 saturated carbocycles. The third-order valence-electron chi connectivity index (χ3n) is 1.70. The standard InChI is InChI=1S/C10H9BrFNO/c1-2-14-10(6-13)8-4-3-7(12)5-9(8)11/h3-5,10H,2H2,1H3. The predicted molar refractivity (Wildman–Crippen MR) is 54.1 cm³/mol. The Balaban J connectivity index is 3.00. The lowest BCUT2D eigenvalue weighted by atomic mass is 10.1. The van der Waals surface area contributed by atoms with E-state index in [9.17, 15) is 4.39 Å². The highest BCUT2D eigenvalue weighted by Crippen LogP contribution is 2.26. The first-order valence-electron chi connectivity index (χ1n) is 4.15. The molecule has 0 heterocycles. The van der Waals surface area contributed by atoms with E-state index in [0.29, 0.717) is 16.6 Å². The highest BCUT2D eigenvalue weighted by atomic mass is 79.9. The molecule has 0 amide bonds. The molecule has 2 nitrogen and oxygen atoms in total. The average molecular weight is 258 g/mol. The van der Waals surface area contributed by atoms with Gasteiger partial charge in [-0.3, -0.25) is 0 Å². The Morgan fingerprint density at radius 2 is 2.36 bits per heavy atom. The van der Waals surface area contributed by atoms with Gasteiger partial charge in [0, 0.05) is 16.6 Å². The van der Waals surface area contributed by atoms with E-state index in [1.165, 1.54) is 12.1 Å². The highest BCUT2D eigenvalue weighted by molar-refractivity contribution is 9.10. The predicted octanol–water partition coefficient (Wildman–Crippen LogP) is 3.19. The second-order valence-electron chi connectivity index (χ2n) is 2.63. The van der Waals surface area contributed by atoms with E-state index in [0.717, 1.165) is 0 Å². The first-order valence-corrected chi connectivity index (χ1v) is 4.94. The molecule has 0 aliphatic heterocycles. The maximum absolute atomic E-state index is 12.7. The molecule has 0 spiro atoms. The van der Waals surface area contributed by atoms with Crippen molar-refractivity contribution < 1.29 is 9.13 Å². The number of nitrogens with zero attached hydrogens (tertiary/aromatic N) is 1. The second kappa shape index (κ2) is 5.08. The van der Waals surface area contributed by atoms with Crippen molar-refractivity contribution in [1.29, 1.82) is 5.26 Å². The number of benzene rings is 1. The Labute approximate surface area is 90.4 Å². The summed E-state index contributed by atoms with van der Waals surface area (Å²) in [5, 5.41) is 8.81. The molecule has 1 rings (SSSR count). The van der Waals surface area contributed by atoms with Gasteiger partial charge >= 0.3 is 0 Å². The highest BCUT2D eigenvalue weighted by Gasteiger charge is 2.13. The van der Waals surface area contributed by atoms with Crippen LogP contribution in [0.25, 0.3) is 0 Å². The normalized spacial score (nSPS) is 12.1. The largest absolute Gasteiger partial charge is 0.359 e.